The third kappa shape index (κ3) is 2.01. The lowest BCUT2D eigenvalue weighted by atomic mass is 9.67. The fraction of sp³-hybridized carbons (Fsp3) is 0.500. The number of hydrogen-bond donors (Lipinski definition) is 0. The smallest absolute Gasteiger partial charge is 0.227 e. The summed E-state index contributed by atoms with van der Waals surface area (Å²) in [5.74, 6) is 0.807. The molecule has 2 saturated heterocycles. The molecule has 3 aliphatic rings. The standard InChI is InChI=1S/C22H26N2O/c1-13-5-7-17-18-8-6-14(2)23-21(18)25-20(17)19(13)24-15(3)16-9-11-22(24,4)12-10-16/h5-8,15-16H,9-12H2,1-4H3/t15-,16?,22?/m0/s1. The van der Waals surface area contributed by atoms with Crippen LogP contribution in [-0.4, -0.2) is 16.6 Å². The quantitative estimate of drug-likeness (QED) is 0.567. The summed E-state index contributed by atoms with van der Waals surface area (Å²) in [6, 6.07) is 9.25. The van der Waals surface area contributed by atoms with Crippen molar-refractivity contribution in [1.29, 1.82) is 0 Å². The minimum atomic E-state index is 0.246. The van der Waals surface area contributed by atoms with Crippen LogP contribution in [0, 0.1) is 19.8 Å². The van der Waals surface area contributed by atoms with Crippen LogP contribution in [0.2, 0.25) is 0 Å². The molecule has 0 unspecified atom stereocenters. The first-order chi connectivity index (χ1) is 12.0. The number of aryl methyl sites for hydroxylation is 2. The van der Waals surface area contributed by atoms with Crippen molar-refractivity contribution in [2.24, 2.45) is 5.92 Å². The molecule has 0 radical (unpaired) electrons. The molecule has 0 spiro atoms. The Morgan fingerprint density at radius 1 is 1.08 bits per heavy atom. The third-order valence-electron chi connectivity index (χ3n) is 6.84. The maximum absolute atomic E-state index is 6.35. The molecule has 3 heteroatoms. The van der Waals surface area contributed by atoms with Gasteiger partial charge in [-0.25, -0.2) is 4.98 Å². The Kier molecular flexibility index (Phi) is 3.05. The van der Waals surface area contributed by atoms with E-state index in [1.54, 1.807) is 0 Å². The Morgan fingerprint density at radius 3 is 2.52 bits per heavy atom. The molecule has 4 heterocycles. The van der Waals surface area contributed by atoms with Crippen molar-refractivity contribution >= 4 is 27.8 Å². The molecule has 1 aromatic carbocycles. The van der Waals surface area contributed by atoms with Gasteiger partial charge >= 0.3 is 0 Å². The number of hydrogen-bond acceptors (Lipinski definition) is 3. The van der Waals surface area contributed by atoms with E-state index in [2.05, 4.69) is 54.9 Å². The topological polar surface area (TPSA) is 29.3 Å². The van der Waals surface area contributed by atoms with E-state index in [0.29, 0.717) is 6.04 Å². The molecular formula is C22H26N2O. The van der Waals surface area contributed by atoms with Crippen LogP contribution in [0.15, 0.2) is 28.7 Å². The van der Waals surface area contributed by atoms with E-state index in [0.717, 1.165) is 28.3 Å². The molecule has 3 aromatic rings. The highest BCUT2D eigenvalue weighted by atomic mass is 16.3. The minimum Gasteiger partial charge on any atom is -0.436 e. The van der Waals surface area contributed by atoms with Crippen LogP contribution in [-0.2, 0) is 0 Å². The molecule has 2 aromatic heterocycles. The molecule has 3 nitrogen and oxygen atoms in total. The van der Waals surface area contributed by atoms with Crippen molar-refractivity contribution in [3.05, 3.63) is 35.5 Å². The first-order valence-corrected chi connectivity index (χ1v) is 9.57. The van der Waals surface area contributed by atoms with Gasteiger partial charge in [0.25, 0.3) is 0 Å². The lowest BCUT2D eigenvalue weighted by Gasteiger charge is -2.58. The van der Waals surface area contributed by atoms with Crippen LogP contribution in [0.5, 0.6) is 0 Å². The van der Waals surface area contributed by atoms with E-state index in [4.69, 9.17) is 4.42 Å². The normalized spacial score (nSPS) is 29.0. The summed E-state index contributed by atoms with van der Waals surface area (Å²) in [7, 11) is 0. The summed E-state index contributed by atoms with van der Waals surface area (Å²) in [5.41, 5.74) is 5.64. The number of piperidine rings is 2. The van der Waals surface area contributed by atoms with Crippen LogP contribution in [0.4, 0.5) is 5.69 Å². The number of nitrogens with zero attached hydrogens (tertiary/aromatic N) is 2. The summed E-state index contributed by atoms with van der Waals surface area (Å²) in [6.45, 7) is 9.09. The molecule has 25 heavy (non-hydrogen) atoms. The molecule has 2 bridgehead atoms. The second kappa shape index (κ2) is 5.00. The zero-order chi connectivity index (χ0) is 17.3. The van der Waals surface area contributed by atoms with Gasteiger partial charge in [0.2, 0.25) is 5.71 Å². The van der Waals surface area contributed by atoms with Crippen molar-refractivity contribution in [3.63, 3.8) is 0 Å². The molecule has 130 valence electrons. The van der Waals surface area contributed by atoms with Crippen molar-refractivity contribution in [1.82, 2.24) is 4.98 Å². The Hall–Kier alpha value is -2.03. The highest BCUT2D eigenvalue weighted by Crippen LogP contribution is 2.51. The predicted molar refractivity (Wildman–Crippen MR) is 103 cm³/mol. The number of furan rings is 1. The summed E-state index contributed by atoms with van der Waals surface area (Å²) >= 11 is 0. The SMILES string of the molecule is Cc1ccc2c(n1)oc1c(N3[C@@H](C)C4CCC3(C)CC4)c(C)ccc12. The summed E-state index contributed by atoms with van der Waals surface area (Å²) < 4.78 is 6.35. The number of fused-ring (bicyclic) bond motifs is 6. The number of aromatic nitrogens is 1. The van der Waals surface area contributed by atoms with Crippen molar-refractivity contribution in [3.8, 4) is 0 Å². The van der Waals surface area contributed by atoms with E-state index >= 15 is 0 Å². The second-order valence-electron chi connectivity index (χ2n) is 8.46. The van der Waals surface area contributed by atoms with Crippen molar-refractivity contribution in [2.75, 3.05) is 4.90 Å². The number of rotatable bonds is 1. The van der Waals surface area contributed by atoms with Gasteiger partial charge in [-0.3, -0.25) is 0 Å². The Balaban J connectivity index is 1.81. The van der Waals surface area contributed by atoms with Crippen LogP contribution < -0.4 is 4.90 Å². The fourth-order valence-electron chi connectivity index (χ4n) is 5.36. The van der Waals surface area contributed by atoms with E-state index in [-0.39, 0.29) is 5.54 Å². The van der Waals surface area contributed by atoms with Crippen molar-refractivity contribution < 1.29 is 4.42 Å². The number of benzene rings is 1. The first-order valence-electron chi connectivity index (χ1n) is 9.57. The lowest BCUT2D eigenvalue weighted by molar-refractivity contribution is 0.134. The predicted octanol–water partition coefficient (Wildman–Crippen LogP) is 5.76. The molecule has 1 aliphatic carbocycles. The Morgan fingerprint density at radius 2 is 1.80 bits per heavy atom. The van der Waals surface area contributed by atoms with Crippen LogP contribution in [0.3, 0.4) is 0 Å². The zero-order valence-corrected chi connectivity index (χ0v) is 15.6. The maximum Gasteiger partial charge on any atom is 0.227 e. The number of anilines is 1. The molecule has 3 fully saturated rings. The van der Waals surface area contributed by atoms with Gasteiger partial charge in [-0.1, -0.05) is 12.1 Å². The maximum atomic E-state index is 6.35. The van der Waals surface area contributed by atoms with E-state index in [1.807, 2.05) is 6.92 Å². The van der Waals surface area contributed by atoms with Gasteiger partial charge in [-0.05, 0) is 77.0 Å². The van der Waals surface area contributed by atoms with Crippen molar-refractivity contribution in [2.45, 2.75) is 65.0 Å². The Labute approximate surface area is 149 Å². The van der Waals surface area contributed by atoms with Crippen LogP contribution in [0.25, 0.3) is 22.1 Å². The third-order valence-corrected chi connectivity index (χ3v) is 6.84. The average molecular weight is 334 g/mol. The molecule has 1 atom stereocenters. The largest absolute Gasteiger partial charge is 0.436 e. The molecule has 1 saturated carbocycles. The van der Waals surface area contributed by atoms with E-state index < -0.39 is 0 Å². The van der Waals surface area contributed by atoms with Gasteiger partial charge in [0.05, 0.1) is 5.69 Å². The van der Waals surface area contributed by atoms with Gasteiger partial charge in [0, 0.05) is 28.0 Å². The van der Waals surface area contributed by atoms with Crippen LogP contribution >= 0.6 is 0 Å². The van der Waals surface area contributed by atoms with Gasteiger partial charge in [-0.15, -0.1) is 0 Å². The van der Waals surface area contributed by atoms with E-state index in [1.165, 1.54) is 42.3 Å². The highest BCUT2D eigenvalue weighted by Gasteiger charge is 2.48. The highest BCUT2D eigenvalue weighted by molar-refractivity contribution is 6.08. The summed E-state index contributed by atoms with van der Waals surface area (Å²) in [6.07, 6.45) is 5.30. The second-order valence-corrected chi connectivity index (χ2v) is 8.46. The molecule has 6 rings (SSSR count). The molecule has 2 aliphatic heterocycles. The van der Waals surface area contributed by atoms with Gasteiger partial charge < -0.3 is 9.32 Å². The van der Waals surface area contributed by atoms with Gasteiger partial charge in [0.1, 0.15) is 0 Å². The van der Waals surface area contributed by atoms with Gasteiger partial charge in [0.15, 0.2) is 5.58 Å². The summed E-state index contributed by atoms with van der Waals surface area (Å²) in [4.78, 5) is 7.32. The van der Waals surface area contributed by atoms with E-state index in [9.17, 15) is 0 Å². The Bertz CT molecular complexity index is 979. The average Bonchev–Trinajstić information content (AvgIpc) is 2.94. The van der Waals surface area contributed by atoms with Crippen LogP contribution in [0.1, 0.15) is 50.8 Å². The number of pyridine rings is 1. The first kappa shape index (κ1) is 15.2. The molecular weight excluding hydrogens is 308 g/mol. The lowest BCUT2D eigenvalue weighted by Crippen LogP contribution is -2.61. The summed E-state index contributed by atoms with van der Waals surface area (Å²) in [5, 5.41) is 2.32. The molecule has 0 amide bonds. The monoisotopic (exact) mass is 334 g/mol. The minimum absolute atomic E-state index is 0.246. The fourth-order valence-corrected chi connectivity index (χ4v) is 5.36. The van der Waals surface area contributed by atoms with Gasteiger partial charge in [-0.2, -0.15) is 0 Å². The molecule has 0 N–H and O–H groups in total. The zero-order valence-electron chi connectivity index (χ0n) is 15.6.